The number of hydrogen-bond donors (Lipinski definition) is 1. The lowest BCUT2D eigenvalue weighted by Gasteiger charge is -2.34. The predicted octanol–water partition coefficient (Wildman–Crippen LogP) is 4.90. The van der Waals surface area contributed by atoms with E-state index in [0.29, 0.717) is 23.7 Å². The molecule has 0 bridgehead atoms. The van der Waals surface area contributed by atoms with Crippen molar-refractivity contribution < 1.29 is 4.79 Å². The lowest BCUT2D eigenvalue weighted by molar-refractivity contribution is -0.127. The van der Waals surface area contributed by atoms with Crippen LogP contribution in [0, 0.1) is 17.8 Å². The second-order valence-corrected chi connectivity index (χ2v) is 7.48. The number of hydrogen-bond acceptors (Lipinski definition) is 1. The zero-order valence-corrected chi connectivity index (χ0v) is 14.3. The minimum Gasteiger partial charge on any atom is -0.353 e. The van der Waals surface area contributed by atoms with Gasteiger partial charge in [-0.3, -0.25) is 4.79 Å². The van der Waals surface area contributed by atoms with Crippen LogP contribution >= 0.6 is 11.6 Å². The molecule has 0 aromatic carbocycles. The summed E-state index contributed by atoms with van der Waals surface area (Å²) in [7, 11) is 0. The zero-order chi connectivity index (χ0) is 15.1. The number of halogens is 1. The van der Waals surface area contributed by atoms with Crippen LogP contribution in [0.5, 0.6) is 0 Å². The topological polar surface area (TPSA) is 29.1 Å². The van der Waals surface area contributed by atoms with Crippen molar-refractivity contribution in [3.63, 3.8) is 0 Å². The summed E-state index contributed by atoms with van der Waals surface area (Å²) in [5, 5.41) is 3.32. The van der Waals surface area contributed by atoms with Crippen molar-refractivity contribution in [2.45, 2.75) is 83.6 Å². The molecule has 2 saturated carbocycles. The average molecular weight is 314 g/mol. The number of nitrogens with one attached hydrogen (secondary N) is 1. The zero-order valence-electron chi connectivity index (χ0n) is 13.6. The lowest BCUT2D eigenvalue weighted by atomic mass is 9.79. The van der Waals surface area contributed by atoms with Gasteiger partial charge in [-0.05, 0) is 50.4 Å². The molecule has 2 aliphatic rings. The average Bonchev–Trinajstić information content (AvgIpc) is 2.54. The van der Waals surface area contributed by atoms with Gasteiger partial charge in [0.15, 0.2) is 0 Å². The Kier molecular flexibility index (Phi) is 7.36. The Hall–Kier alpha value is -0.240. The first-order valence-corrected chi connectivity index (χ1v) is 9.64. The minimum atomic E-state index is 0.265. The molecule has 2 fully saturated rings. The fourth-order valence-corrected chi connectivity index (χ4v) is 4.46. The summed E-state index contributed by atoms with van der Waals surface area (Å²) in [4.78, 5) is 12.5. The summed E-state index contributed by atoms with van der Waals surface area (Å²) < 4.78 is 0. The Morgan fingerprint density at radius 1 is 1.10 bits per heavy atom. The van der Waals surface area contributed by atoms with Crippen molar-refractivity contribution in [1.82, 2.24) is 5.32 Å². The minimum absolute atomic E-state index is 0.265. The molecule has 2 rings (SSSR count). The molecule has 21 heavy (non-hydrogen) atoms. The van der Waals surface area contributed by atoms with E-state index in [4.69, 9.17) is 11.6 Å². The predicted molar refractivity (Wildman–Crippen MR) is 89.6 cm³/mol. The summed E-state index contributed by atoms with van der Waals surface area (Å²) in [6.07, 6.45) is 13.5. The second-order valence-electron chi connectivity index (χ2n) is 7.17. The summed E-state index contributed by atoms with van der Waals surface area (Å²) in [6.45, 7) is 2.26. The number of rotatable bonds is 6. The Balaban J connectivity index is 1.74. The smallest absolute Gasteiger partial charge is 0.223 e. The van der Waals surface area contributed by atoms with Crippen molar-refractivity contribution >= 4 is 17.5 Å². The van der Waals surface area contributed by atoms with Crippen LogP contribution in [0.4, 0.5) is 0 Å². The number of carbonyl (C=O) groups is 1. The van der Waals surface area contributed by atoms with Crippen LogP contribution in [0.3, 0.4) is 0 Å². The van der Waals surface area contributed by atoms with Gasteiger partial charge in [0, 0.05) is 17.8 Å². The molecule has 0 radical (unpaired) electrons. The van der Waals surface area contributed by atoms with Gasteiger partial charge in [0.1, 0.15) is 0 Å². The Labute approximate surface area is 135 Å². The van der Waals surface area contributed by atoms with E-state index in [1.165, 1.54) is 51.4 Å². The van der Waals surface area contributed by atoms with E-state index < -0.39 is 0 Å². The summed E-state index contributed by atoms with van der Waals surface area (Å²) >= 11 is 6.06. The molecule has 2 aliphatic carbocycles. The number of unbranched alkanes of at least 4 members (excludes halogenated alkanes) is 1. The third-order valence-electron chi connectivity index (χ3n) is 5.62. The molecule has 0 saturated heterocycles. The van der Waals surface area contributed by atoms with Gasteiger partial charge >= 0.3 is 0 Å². The molecular formula is C18H32ClNO. The monoisotopic (exact) mass is 313 g/mol. The normalized spacial score (nSPS) is 33.6. The van der Waals surface area contributed by atoms with Crippen LogP contribution in [0.25, 0.3) is 0 Å². The van der Waals surface area contributed by atoms with Crippen LogP contribution < -0.4 is 5.32 Å². The number of carbonyl (C=O) groups excluding carboxylic acids is 1. The van der Waals surface area contributed by atoms with Crippen LogP contribution in [-0.4, -0.2) is 17.8 Å². The standard InChI is InChI=1S/C18H32ClNO/c1-2-3-6-14-9-11-15(12-10-14)18(21)20-17-8-5-4-7-16(17)13-19/h14-17H,2-13H2,1H3,(H,20,21). The molecular weight excluding hydrogens is 282 g/mol. The quantitative estimate of drug-likeness (QED) is 0.694. The molecule has 0 heterocycles. The van der Waals surface area contributed by atoms with E-state index in [0.717, 1.165) is 25.2 Å². The van der Waals surface area contributed by atoms with Crippen LogP contribution in [0.2, 0.25) is 0 Å². The molecule has 2 unspecified atom stereocenters. The second kappa shape index (κ2) is 9.02. The van der Waals surface area contributed by atoms with Crippen LogP contribution in [-0.2, 0) is 4.79 Å². The van der Waals surface area contributed by atoms with Gasteiger partial charge in [-0.1, -0.05) is 39.0 Å². The van der Waals surface area contributed by atoms with E-state index >= 15 is 0 Å². The molecule has 2 atom stereocenters. The first-order chi connectivity index (χ1) is 10.2. The largest absolute Gasteiger partial charge is 0.353 e. The highest BCUT2D eigenvalue weighted by Crippen LogP contribution is 2.33. The summed E-state index contributed by atoms with van der Waals surface area (Å²) in [5.74, 6) is 2.63. The maximum atomic E-state index is 12.5. The highest BCUT2D eigenvalue weighted by Gasteiger charge is 2.30. The summed E-state index contributed by atoms with van der Waals surface area (Å²) in [5.41, 5.74) is 0. The molecule has 0 aliphatic heterocycles. The molecule has 0 aromatic heterocycles. The van der Waals surface area contributed by atoms with Gasteiger partial charge in [-0.2, -0.15) is 0 Å². The van der Waals surface area contributed by atoms with Gasteiger partial charge in [0.25, 0.3) is 0 Å². The van der Waals surface area contributed by atoms with Crippen LogP contribution in [0.15, 0.2) is 0 Å². The van der Waals surface area contributed by atoms with Crippen molar-refractivity contribution in [2.75, 3.05) is 5.88 Å². The number of amides is 1. The first kappa shape index (κ1) is 17.1. The van der Waals surface area contributed by atoms with Gasteiger partial charge in [0.2, 0.25) is 5.91 Å². The fourth-order valence-electron chi connectivity index (χ4n) is 4.09. The Morgan fingerprint density at radius 3 is 2.48 bits per heavy atom. The molecule has 2 nitrogen and oxygen atoms in total. The van der Waals surface area contributed by atoms with Crippen molar-refractivity contribution in [3.05, 3.63) is 0 Å². The van der Waals surface area contributed by atoms with Crippen molar-refractivity contribution in [1.29, 1.82) is 0 Å². The molecule has 1 N–H and O–H groups in total. The van der Waals surface area contributed by atoms with Gasteiger partial charge in [-0.15, -0.1) is 11.6 Å². The molecule has 0 spiro atoms. The molecule has 122 valence electrons. The molecule has 1 amide bonds. The van der Waals surface area contributed by atoms with Crippen molar-refractivity contribution in [2.24, 2.45) is 17.8 Å². The third kappa shape index (κ3) is 5.16. The maximum Gasteiger partial charge on any atom is 0.223 e. The van der Waals surface area contributed by atoms with E-state index in [1.807, 2.05) is 0 Å². The summed E-state index contributed by atoms with van der Waals surface area (Å²) in [6, 6.07) is 0.335. The lowest BCUT2D eigenvalue weighted by Crippen LogP contribution is -2.45. The Morgan fingerprint density at radius 2 is 1.81 bits per heavy atom. The van der Waals surface area contributed by atoms with Gasteiger partial charge in [-0.25, -0.2) is 0 Å². The highest BCUT2D eigenvalue weighted by molar-refractivity contribution is 6.18. The van der Waals surface area contributed by atoms with E-state index in [2.05, 4.69) is 12.2 Å². The first-order valence-electron chi connectivity index (χ1n) is 9.11. The third-order valence-corrected chi connectivity index (χ3v) is 6.01. The van der Waals surface area contributed by atoms with Gasteiger partial charge < -0.3 is 5.32 Å². The van der Waals surface area contributed by atoms with Crippen molar-refractivity contribution in [3.8, 4) is 0 Å². The maximum absolute atomic E-state index is 12.5. The van der Waals surface area contributed by atoms with E-state index in [9.17, 15) is 4.79 Å². The van der Waals surface area contributed by atoms with E-state index in [1.54, 1.807) is 0 Å². The molecule has 3 heteroatoms. The van der Waals surface area contributed by atoms with E-state index in [-0.39, 0.29) is 5.92 Å². The Bertz CT molecular complexity index is 312. The van der Waals surface area contributed by atoms with Crippen LogP contribution in [0.1, 0.15) is 77.6 Å². The number of alkyl halides is 1. The van der Waals surface area contributed by atoms with Gasteiger partial charge in [0.05, 0.1) is 0 Å². The SMILES string of the molecule is CCCCC1CCC(C(=O)NC2CCCCC2CCl)CC1. The fraction of sp³-hybridized carbons (Fsp3) is 0.944. The highest BCUT2D eigenvalue weighted by atomic mass is 35.5. The molecule has 0 aromatic rings.